The Morgan fingerprint density at radius 2 is 2.00 bits per heavy atom. The Kier molecular flexibility index (Phi) is 2.39. The molecular weight excluding hydrogens is 151 g/mol. The Balaban J connectivity index is 4.35. The molecule has 0 N–H and O–H groups in total. The van der Waals surface area contributed by atoms with Crippen LogP contribution in [-0.2, 0) is 0 Å². The molecule has 0 aromatic rings. The van der Waals surface area contributed by atoms with E-state index in [1.807, 2.05) is 0 Å². The first-order chi connectivity index (χ1) is 4.34. The van der Waals surface area contributed by atoms with Gasteiger partial charge in [-0.2, -0.15) is 13.2 Å². The predicted molar refractivity (Wildman–Crippen MR) is 26.8 cm³/mol. The monoisotopic (exact) mass is 155 g/mol. The second-order valence-electron chi connectivity index (χ2n) is 1.60. The highest BCUT2D eigenvalue weighted by Crippen LogP contribution is 2.24. The molecule has 0 aliphatic rings. The zero-order valence-electron chi connectivity index (χ0n) is 4.97. The van der Waals surface area contributed by atoms with Crippen LogP contribution in [0, 0.1) is 10.1 Å². The molecule has 0 aliphatic heterocycles. The van der Waals surface area contributed by atoms with Crippen molar-refractivity contribution in [2.75, 3.05) is 0 Å². The summed E-state index contributed by atoms with van der Waals surface area (Å²) in [6.07, 6.45) is -4.66. The van der Waals surface area contributed by atoms with Crippen molar-refractivity contribution in [1.82, 2.24) is 0 Å². The molecule has 0 aliphatic carbocycles. The average molecular weight is 155 g/mol. The number of alkyl halides is 3. The molecule has 0 saturated heterocycles. The van der Waals surface area contributed by atoms with Gasteiger partial charge in [0.05, 0.1) is 10.5 Å². The first-order valence-corrected chi connectivity index (χ1v) is 2.23. The minimum absolute atomic E-state index is 0.0694. The lowest BCUT2D eigenvalue weighted by molar-refractivity contribution is -0.405. The summed E-state index contributed by atoms with van der Waals surface area (Å²) in [7, 11) is 0. The number of halogens is 3. The lowest BCUT2D eigenvalue weighted by atomic mass is 10.3. The molecule has 0 aromatic heterocycles. The quantitative estimate of drug-likeness (QED) is 0.427. The van der Waals surface area contributed by atoms with Gasteiger partial charge in [0, 0.05) is 0 Å². The highest BCUT2D eigenvalue weighted by Gasteiger charge is 2.32. The number of nitro groups is 1. The van der Waals surface area contributed by atoms with Crippen molar-refractivity contribution in [2.45, 2.75) is 13.1 Å². The highest BCUT2D eigenvalue weighted by molar-refractivity contribution is 5.00. The summed E-state index contributed by atoms with van der Waals surface area (Å²) in [6.45, 7) is 0.642. The third kappa shape index (κ3) is 3.06. The van der Waals surface area contributed by atoms with Crippen molar-refractivity contribution in [3.8, 4) is 0 Å². The summed E-state index contributed by atoms with van der Waals surface area (Å²) in [5.74, 6) is 0. The second kappa shape index (κ2) is 2.68. The lowest BCUT2D eigenvalue weighted by Crippen LogP contribution is -2.10. The third-order valence-corrected chi connectivity index (χ3v) is 0.746. The van der Waals surface area contributed by atoms with Crippen LogP contribution in [0.15, 0.2) is 11.8 Å². The minimum Gasteiger partial charge on any atom is -0.259 e. The number of nitrogens with zero attached hydrogens (tertiary/aromatic N) is 1. The summed E-state index contributed by atoms with van der Waals surface area (Å²) in [5, 5.41) is 9.49. The molecule has 0 amide bonds. The van der Waals surface area contributed by atoms with Crippen molar-refractivity contribution in [2.24, 2.45) is 0 Å². The van der Waals surface area contributed by atoms with Crippen molar-refractivity contribution in [1.29, 1.82) is 0 Å². The van der Waals surface area contributed by atoms with Gasteiger partial charge in [-0.05, 0) is 6.92 Å². The summed E-state index contributed by atoms with van der Waals surface area (Å²) in [5.41, 5.74) is -1.21. The van der Waals surface area contributed by atoms with Crippen LogP contribution in [0.5, 0.6) is 0 Å². The van der Waals surface area contributed by atoms with Crippen LogP contribution < -0.4 is 0 Å². The molecule has 0 unspecified atom stereocenters. The number of hydrogen-bond acceptors (Lipinski definition) is 2. The van der Waals surface area contributed by atoms with Gasteiger partial charge in [-0.25, -0.2) is 0 Å². The van der Waals surface area contributed by atoms with Crippen LogP contribution in [-0.4, -0.2) is 11.1 Å². The maximum absolute atomic E-state index is 11.4. The van der Waals surface area contributed by atoms with Gasteiger partial charge in [0.1, 0.15) is 0 Å². The zero-order valence-corrected chi connectivity index (χ0v) is 4.97. The summed E-state index contributed by atoms with van der Waals surface area (Å²) in [4.78, 5) is 8.35. The van der Waals surface area contributed by atoms with Gasteiger partial charge in [0.25, 0.3) is 0 Å². The van der Waals surface area contributed by atoms with Gasteiger partial charge in [0.2, 0.25) is 6.20 Å². The van der Waals surface area contributed by atoms with Gasteiger partial charge in [0.15, 0.2) is 0 Å². The van der Waals surface area contributed by atoms with Crippen molar-refractivity contribution < 1.29 is 18.1 Å². The number of hydrogen-bond donors (Lipinski definition) is 0. The second-order valence-corrected chi connectivity index (χ2v) is 1.60. The first-order valence-electron chi connectivity index (χ1n) is 2.23. The van der Waals surface area contributed by atoms with Crippen molar-refractivity contribution in [3.63, 3.8) is 0 Å². The van der Waals surface area contributed by atoms with Gasteiger partial charge >= 0.3 is 6.18 Å². The normalized spacial score (nSPS) is 13.4. The summed E-state index contributed by atoms with van der Waals surface area (Å²) in [6, 6.07) is 0. The van der Waals surface area contributed by atoms with Crippen LogP contribution in [0.3, 0.4) is 0 Å². The van der Waals surface area contributed by atoms with E-state index >= 15 is 0 Å². The predicted octanol–water partition coefficient (Wildman–Crippen LogP) is 1.73. The van der Waals surface area contributed by atoms with Crippen LogP contribution in [0.1, 0.15) is 6.92 Å². The van der Waals surface area contributed by atoms with E-state index in [4.69, 9.17) is 0 Å². The van der Waals surface area contributed by atoms with E-state index in [1.165, 1.54) is 0 Å². The van der Waals surface area contributed by atoms with Gasteiger partial charge in [-0.15, -0.1) is 0 Å². The van der Waals surface area contributed by atoms with E-state index < -0.39 is 16.7 Å². The van der Waals surface area contributed by atoms with E-state index in [2.05, 4.69) is 0 Å². The molecule has 6 heteroatoms. The maximum atomic E-state index is 11.4. The average Bonchev–Trinajstić information content (AvgIpc) is 1.60. The molecule has 0 rings (SSSR count). The molecule has 3 nitrogen and oxygen atoms in total. The highest BCUT2D eigenvalue weighted by atomic mass is 19.4. The topological polar surface area (TPSA) is 43.1 Å². The molecule has 0 radical (unpaired) electrons. The standard InChI is InChI=1S/C4H4F3NO2/c1-3(2-8(9)10)4(5,6)7/h2H,1H3/b3-2-. The number of allylic oxidation sites excluding steroid dienone is 1. The Morgan fingerprint density at radius 3 is 2.10 bits per heavy atom. The van der Waals surface area contributed by atoms with E-state index in [-0.39, 0.29) is 6.20 Å². The molecule has 0 bridgehead atoms. The third-order valence-electron chi connectivity index (χ3n) is 0.746. The number of rotatable bonds is 1. The van der Waals surface area contributed by atoms with Crippen LogP contribution in [0.25, 0.3) is 0 Å². The van der Waals surface area contributed by atoms with Crippen LogP contribution >= 0.6 is 0 Å². The fourth-order valence-corrected chi connectivity index (χ4v) is 0.231. The summed E-state index contributed by atoms with van der Waals surface area (Å²) < 4.78 is 34.3. The zero-order chi connectivity index (χ0) is 8.36. The molecule has 10 heavy (non-hydrogen) atoms. The van der Waals surface area contributed by atoms with Gasteiger partial charge < -0.3 is 0 Å². The Bertz CT molecular complexity index is 172. The SMILES string of the molecule is C/C(=C/[N+](=O)[O-])C(F)(F)F. The van der Waals surface area contributed by atoms with Gasteiger partial charge in [-0.1, -0.05) is 0 Å². The largest absolute Gasteiger partial charge is 0.418 e. The van der Waals surface area contributed by atoms with Crippen molar-refractivity contribution in [3.05, 3.63) is 21.9 Å². The Morgan fingerprint density at radius 1 is 1.60 bits per heavy atom. The first kappa shape index (κ1) is 8.93. The smallest absolute Gasteiger partial charge is 0.259 e. The molecule has 0 heterocycles. The van der Waals surface area contributed by atoms with Gasteiger partial charge in [-0.3, -0.25) is 10.1 Å². The molecule has 0 saturated carbocycles. The molecule has 0 fully saturated rings. The Labute approximate surface area is 54.3 Å². The fourth-order valence-electron chi connectivity index (χ4n) is 0.231. The summed E-state index contributed by atoms with van der Waals surface area (Å²) >= 11 is 0. The van der Waals surface area contributed by atoms with Crippen LogP contribution in [0.2, 0.25) is 0 Å². The van der Waals surface area contributed by atoms with E-state index in [0.717, 1.165) is 0 Å². The molecule has 58 valence electrons. The van der Waals surface area contributed by atoms with E-state index in [0.29, 0.717) is 6.92 Å². The molecule has 0 aromatic carbocycles. The molecule has 0 spiro atoms. The molecule has 0 atom stereocenters. The van der Waals surface area contributed by atoms with Crippen molar-refractivity contribution >= 4 is 0 Å². The minimum atomic E-state index is -4.59. The van der Waals surface area contributed by atoms with Crippen LogP contribution in [0.4, 0.5) is 13.2 Å². The fraction of sp³-hybridized carbons (Fsp3) is 0.500. The lowest BCUT2D eigenvalue weighted by Gasteiger charge is -2.01. The van der Waals surface area contributed by atoms with E-state index in [9.17, 15) is 23.3 Å². The molecular formula is C4H4F3NO2. The maximum Gasteiger partial charge on any atom is 0.418 e. The van der Waals surface area contributed by atoms with E-state index in [1.54, 1.807) is 0 Å². The Hall–Kier alpha value is -1.07.